The minimum atomic E-state index is -0.321. The number of nitrogen functional groups attached to an aromatic ring is 2. The molecule has 0 aliphatic heterocycles. The fourth-order valence-corrected chi connectivity index (χ4v) is 1.41. The minimum absolute atomic E-state index is 0.321. The van der Waals surface area contributed by atoms with Gasteiger partial charge in [-0.05, 0) is 41.5 Å². The van der Waals surface area contributed by atoms with Crippen LogP contribution in [0.25, 0.3) is 0 Å². The van der Waals surface area contributed by atoms with Crippen molar-refractivity contribution in [2.24, 2.45) is 0 Å². The average Bonchev–Trinajstić information content (AvgIpc) is 2.08. The van der Waals surface area contributed by atoms with Crippen LogP contribution in [0.3, 0.4) is 0 Å². The normalized spacial score (nSPS) is 12.3. The molecule has 0 unspecified atom stereocenters. The Labute approximate surface area is 109 Å². The first kappa shape index (κ1) is 14.5. The van der Waals surface area contributed by atoms with Gasteiger partial charge in [-0.1, -0.05) is 0 Å². The number of ether oxygens (including phenoxy) is 2. The summed E-state index contributed by atoms with van der Waals surface area (Å²) in [6.45, 7) is 11.8. The van der Waals surface area contributed by atoms with Gasteiger partial charge in [0.25, 0.3) is 0 Å². The molecule has 0 radical (unpaired) electrons. The fourth-order valence-electron chi connectivity index (χ4n) is 1.41. The number of nitrogens with two attached hydrogens (primary N) is 2. The summed E-state index contributed by atoms with van der Waals surface area (Å²) in [5, 5.41) is 0. The van der Waals surface area contributed by atoms with Crippen LogP contribution in [0.4, 0.5) is 11.4 Å². The Morgan fingerprint density at radius 3 is 1.22 bits per heavy atom. The van der Waals surface area contributed by atoms with Crippen molar-refractivity contribution in [1.82, 2.24) is 0 Å². The Morgan fingerprint density at radius 2 is 1.00 bits per heavy atom. The number of rotatable bonds is 2. The standard InChI is InChI=1S/C14H24N2O2/c1-13(2,3)17-11-7-9(15)10(16)8-12(11)18-14(4,5)6/h7-8H,15-16H2,1-6H3. The maximum atomic E-state index is 5.85. The third-order valence-corrected chi connectivity index (χ3v) is 1.98. The van der Waals surface area contributed by atoms with E-state index in [1.54, 1.807) is 12.1 Å². The van der Waals surface area contributed by atoms with E-state index in [0.29, 0.717) is 22.9 Å². The van der Waals surface area contributed by atoms with Crippen LogP contribution in [0.5, 0.6) is 11.5 Å². The lowest BCUT2D eigenvalue weighted by atomic mass is 10.1. The molecule has 0 saturated carbocycles. The highest BCUT2D eigenvalue weighted by atomic mass is 16.5. The Hall–Kier alpha value is -1.58. The second-order valence-corrected chi connectivity index (χ2v) is 6.36. The van der Waals surface area contributed by atoms with Crippen molar-refractivity contribution in [3.05, 3.63) is 12.1 Å². The van der Waals surface area contributed by atoms with E-state index < -0.39 is 0 Å². The Balaban J connectivity index is 3.17. The van der Waals surface area contributed by atoms with Gasteiger partial charge < -0.3 is 20.9 Å². The molecule has 0 aromatic heterocycles. The molecule has 4 nitrogen and oxygen atoms in total. The Morgan fingerprint density at radius 1 is 0.722 bits per heavy atom. The summed E-state index contributed by atoms with van der Waals surface area (Å²) in [5.74, 6) is 1.23. The summed E-state index contributed by atoms with van der Waals surface area (Å²) in [6.07, 6.45) is 0. The van der Waals surface area contributed by atoms with Gasteiger partial charge in [-0.2, -0.15) is 0 Å². The van der Waals surface area contributed by atoms with Gasteiger partial charge in [-0.3, -0.25) is 0 Å². The van der Waals surface area contributed by atoms with Crippen molar-refractivity contribution in [1.29, 1.82) is 0 Å². The second kappa shape index (κ2) is 4.59. The van der Waals surface area contributed by atoms with Crippen molar-refractivity contribution in [2.45, 2.75) is 52.7 Å². The van der Waals surface area contributed by atoms with E-state index in [4.69, 9.17) is 20.9 Å². The summed E-state index contributed by atoms with van der Waals surface area (Å²) in [6, 6.07) is 3.42. The Kier molecular flexibility index (Phi) is 3.70. The quantitative estimate of drug-likeness (QED) is 0.793. The van der Waals surface area contributed by atoms with Gasteiger partial charge in [0, 0.05) is 12.1 Å². The van der Waals surface area contributed by atoms with Gasteiger partial charge in [-0.25, -0.2) is 0 Å². The number of anilines is 2. The molecular weight excluding hydrogens is 228 g/mol. The minimum Gasteiger partial charge on any atom is -0.484 e. The highest BCUT2D eigenvalue weighted by Gasteiger charge is 2.20. The van der Waals surface area contributed by atoms with Crippen molar-refractivity contribution < 1.29 is 9.47 Å². The molecule has 0 aliphatic rings. The van der Waals surface area contributed by atoms with Crippen molar-refractivity contribution >= 4 is 11.4 Å². The molecule has 1 aromatic carbocycles. The van der Waals surface area contributed by atoms with E-state index in [9.17, 15) is 0 Å². The molecule has 0 heterocycles. The smallest absolute Gasteiger partial charge is 0.164 e. The van der Waals surface area contributed by atoms with E-state index in [1.807, 2.05) is 41.5 Å². The molecule has 0 fully saturated rings. The van der Waals surface area contributed by atoms with Gasteiger partial charge in [0.05, 0.1) is 11.4 Å². The molecule has 0 aliphatic carbocycles. The average molecular weight is 252 g/mol. The number of hydrogen-bond acceptors (Lipinski definition) is 4. The molecule has 18 heavy (non-hydrogen) atoms. The van der Waals surface area contributed by atoms with E-state index >= 15 is 0 Å². The van der Waals surface area contributed by atoms with E-state index in [1.165, 1.54) is 0 Å². The molecule has 0 atom stereocenters. The monoisotopic (exact) mass is 252 g/mol. The predicted molar refractivity (Wildman–Crippen MR) is 76.0 cm³/mol. The SMILES string of the molecule is CC(C)(C)Oc1cc(N)c(N)cc1OC(C)(C)C. The molecule has 0 saturated heterocycles. The lowest BCUT2D eigenvalue weighted by Crippen LogP contribution is -2.26. The lowest BCUT2D eigenvalue weighted by molar-refractivity contribution is 0.0959. The van der Waals surface area contributed by atoms with Crippen molar-refractivity contribution in [3.63, 3.8) is 0 Å². The zero-order valence-corrected chi connectivity index (χ0v) is 12.1. The fraction of sp³-hybridized carbons (Fsp3) is 0.571. The molecule has 1 aromatic rings. The van der Waals surface area contributed by atoms with Gasteiger partial charge in [-0.15, -0.1) is 0 Å². The second-order valence-electron chi connectivity index (χ2n) is 6.36. The van der Waals surface area contributed by atoms with Gasteiger partial charge in [0.1, 0.15) is 11.2 Å². The first-order valence-electron chi connectivity index (χ1n) is 6.05. The van der Waals surface area contributed by atoms with Crippen LogP contribution in [0.2, 0.25) is 0 Å². The van der Waals surface area contributed by atoms with E-state index in [-0.39, 0.29) is 11.2 Å². The van der Waals surface area contributed by atoms with Crippen LogP contribution in [0.1, 0.15) is 41.5 Å². The highest BCUT2D eigenvalue weighted by molar-refractivity contribution is 5.69. The summed E-state index contributed by atoms with van der Waals surface area (Å²) in [5.41, 5.74) is 12.0. The first-order valence-corrected chi connectivity index (χ1v) is 6.05. The zero-order chi connectivity index (χ0) is 14.1. The van der Waals surface area contributed by atoms with Gasteiger partial charge in [0.15, 0.2) is 11.5 Å². The van der Waals surface area contributed by atoms with Crippen molar-refractivity contribution in [3.8, 4) is 11.5 Å². The molecule has 102 valence electrons. The zero-order valence-electron chi connectivity index (χ0n) is 12.1. The predicted octanol–water partition coefficient (Wildman–Crippen LogP) is 3.21. The molecule has 4 N–H and O–H groups in total. The molecule has 0 bridgehead atoms. The summed E-state index contributed by atoms with van der Waals surface area (Å²) in [4.78, 5) is 0. The van der Waals surface area contributed by atoms with E-state index in [0.717, 1.165) is 0 Å². The molecule has 1 rings (SSSR count). The summed E-state index contributed by atoms with van der Waals surface area (Å²) < 4.78 is 11.7. The molecule has 0 amide bonds. The third kappa shape index (κ3) is 4.35. The third-order valence-electron chi connectivity index (χ3n) is 1.98. The van der Waals surface area contributed by atoms with Crippen molar-refractivity contribution in [2.75, 3.05) is 11.5 Å². The van der Waals surface area contributed by atoms with Crippen LogP contribution >= 0.6 is 0 Å². The summed E-state index contributed by atoms with van der Waals surface area (Å²) in [7, 11) is 0. The first-order chi connectivity index (χ1) is 7.98. The van der Waals surface area contributed by atoms with Crippen LogP contribution < -0.4 is 20.9 Å². The lowest BCUT2D eigenvalue weighted by Gasteiger charge is -2.27. The highest BCUT2D eigenvalue weighted by Crippen LogP contribution is 2.37. The summed E-state index contributed by atoms with van der Waals surface area (Å²) >= 11 is 0. The number of benzene rings is 1. The number of hydrogen-bond donors (Lipinski definition) is 2. The molecule has 4 heteroatoms. The molecular formula is C14H24N2O2. The van der Waals surface area contributed by atoms with Gasteiger partial charge >= 0.3 is 0 Å². The van der Waals surface area contributed by atoms with Crippen LogP contribution in [-0.4, -0.2) is 11.2 Å². The van der Waals surface area contributed by atoms with Gasteiger partial charge in [0.2, 0.25) is 0 Å². The van der Waals surface area contributed by atoms with Crippen LogP contribution in [0, 0.1) is 0 Å². The topological polar surface area (TPSA) is 70.5 Å². The largest absolute Gasteiger partial charge is 0.484 e. The van der Waals surface area contributed by atoms with E-state index in [2.05, 4.69) is 0 Å². The maximum Gasteiger partial charge on any atom is 0.164 e. The molecule has 0 spiro atoms. The maximum absolute atomic E-state index is 5.85. The van der Waals surface area contributed by atoms with Crippen LogP contribution in [0.15, 0.2) is 12.1 Å². The van der Waals surface area contributed by atoms with Crippen LogP contribution in [-0.2, 0) is 0 Å². The Bertz CT molecular complexity index is 388.